The van der Waals surface area contributed by atoms with Crippen LogP contribution in [0.15, 0.2) is 42.5 Å². The van der Waals surface area contributed by atoms with E-state index in [1.807, 2.05) is 34.1 Å². The van der Waals surface area contributed by atoms with E-state index >= 15 is 0 Å². The smallest absolute Gasteiger partial charge is 0.270 e. The van der Waals surface area contributed by atoms with Crippen molar-refractivity contribution in [2.24, 2.45) is 5.92 Å². The van der Waals surface area contributed by atoms with Gasteiger partial charge in [0.25, 0.3) is 5.91 Å². The quantitative estimate of drug-likeness (QED) is 0.746. The summed E-state index contributed by atoms with van der Waals surface area (Å²) in [5.74, 6) is 0.748. The SMILES string of the molecule is CC(C)CCC(=O)N1CCN(C(=O)c2cc3c(ccc4ccccc43)[nH]2)CC1. The zero-order valence-corrected chi connectivity index (χ0v) is 16.6. The molecule has 0 radical (unpaired) electrons. The molecular formula is C23H27N3O2. The molecule has 5 heteroatoms. The highest BCUT2D eigenvalue weighted by Crippen LogP contribution is 2.26. The van der Waals surface area contributed by atoms with E-state index < -0.39 is 0 Å². The Labute approximate surface area is 165 Å². The van der Waals surface area contributed by atoms with Crippen molar-refractivity contribution in [1.82, 2.24) is 14.8 Å². The fourth-order valence-corrected chi connectivity index (χ4v) is 3.90. The number of aromatic nitrogens is 1. The number of hydrogen-bond acceptors (Lipinski definition) is 2. The van der Waals surface area contributed by atoms with Gasteiger partial charge in [-0.3, -0.25) is 9.59 Å². The average Bonchev–Trinajstić information content (AvgIpc) is 3.16. The van der Waals surface area contributed by atoms with E-state index in [2.05, 4.69) is 37.0 Å². The van der Waals surface area contributed by atoms with Crippen LogP contribution < -0.4 is 0 Å². The molecule has 1 saturated heterocycles. The maximum Gasteiger partial charge on any atom is 0.270 e. The lowest BCUT2D eigenvalue weighted by Gasteiger charge is -2.34. The van der Waals surface area contributed by atoms with Gasteiger partial charge in [-0.2, -0.15) is 0 Å². The van der Waals surface area contributed by atoms with Crippen LogP contribution in [0.2, 0.25) is 0 Å². The molecule has 146 valence electrons. The lowest BCUT2D eigenvalue weighted by atomic mass is 10.1. The molecule has 0 spiro atoms. The molecule has 1 aromatic heterocycles. The Morgan fingerprint density at radius 1 is 0.964 bits per heavy atom. The molecule has 1 fully saturated rings. The third-order valence-corrected chi connectivity index (χ3v) is 5.61. The monoisotopic (exact) mass is 377 g/mol. The highest BCUT2D eigenvalue weighted by atomic mass is 16.2. The van der Waals surface area contributed by atoms with Crippen molar-refractivity contribution in [3.8, 4) is 0 Å². The Hall–Kier alpha value is -2.82. The van der Waals surface area contributed by atoms with E-state index in [9.17, 15) is 9.59 Å². The number of benzene rings is 2. The summed E-state index contributed by atoms with van der Waals surface area (Å²) in [6.07, 6.45) is 1.52. The van der Waals surface area contributed by atoms with E-state index in [0.29, 0.717) is 44.2 Å². The second kappa shape index (κ2) is 7.66. The number of aromatic amines is 1. The second-order valence-electron chi connectivity index (χ2n) is 8.04. The topological polar surface area (TPSA) is 56.4 Å². The summed E-state index contributed by atoms with van der Waals surface area (Å²) in [6.45, 7) is 6.67. The molecule has 2 aromatic carbocycles. The number of rotatable bonds is 4. The number of nitrogens with one attached hydrogen (secondary N) is 1. The van der Waals surface area contributed by atoms with Crippen molar-refractivity contribution in [2.45, 2.75) is 26.7 Å². The van der Waals surface area contributed by atoms with Crippen molar-refractivity contribution in [3.05, 3.63) is 48.2 Å². The predicted octanol–water partition coefficient (Wildman–Crippen LogP) is 4.04. The van der Waals surface area contributed by atoms with Crippen molar-refractivity contribution >= 4 is 33.5 Å². The Balaban J connectivity index is 1.45. The minimum Gasteiger partial charge on any atom is -0.351 e. The molecule has 0 aliphatic carbocycles. The summed E-state index contributed by atoms with van der Waals surface area (Å²) in [4.78, 5) is 32.3. The summed E-state index contributed by atoms with van der Waals surface area (Å²) in [6, 6.07) is 14.3. The standard InChI is InChI=1S/C23H27N3O2/c1-16(2)7-10-22(27)25-11-13-26(14-12-25)23(28)21-15-19-18-6-4-3-5-17(18)8-9-20(19)24-21/h3-6,8-9,15-16,24H,7,10-14H2,1-2H3. The molecular weight excluding hydrogens is 350 g/mol. The van der Waals surface area contributed by atoms with Crippen LogP contribution in [0.1, 0.15) is 37.2 Å². The summed E-state index contributed by atoms with van der Waals surface area (Å²) >= 11 is 0. The third kappa shape index (κ3) is 3.61. The molecule has 2 amide bonds. The van der Waals surface area contributed by atoms with Crippen molar-refractivity contribution in [2.75, 3.05) is 26.2 Å². The maximum absolute atomic E-state index is 13.0. The van der Waals surface area contributed by atoms with Crippen LogP contribution in [0.25, 0.3) is 21.7 Å². The third-order valence-electron chi connectivity index (χ3n) is 5.61. The normalized spacial score (nSPS) is 15.0. The molecule has 0 bridgehead atoms. The van der Waals surface area contributed by atoms with Crippen LogP contribution >= 0.6 is 0 Å². The molecule has 2 heterocycles. The van der Waals surface area contributed by atoms with Crippen LogP contribution in [0.4, 0.5) is 0 Å². The second-order valence-corrected chi connectivity index (χ2v) is 8.04. The number of amides is 2. The Bertz CT molecular complexity index is 1010. The number of nitrogens with zero attached hydrogens (tertiary/aromatic N) is 2. The first kappa shape index (κ1) is 18.5. The largest absolute Gasteiger partial charge is 0.351 e. The minimum absolute atomic E-state index is 0.00885. The Kier molecular flexibility index (Phi) is 5.07. The molecule has 0 atom stereocenters. The molecule has 4 rings (SSSR count). The molecule has 5 nitrogen and oxygen atoms in total. The number of H-pyrrole nitrogens is 1. The minimum atomic E-state index is 0.00885. The molecule has 1 aliphatic heterocycles. The van der Waals surface area contributed by atoms with Gasteiger partial charge in [0, 0.05) is 43.5 Å². The molecule has 1 aliphatic rings. The van der Waals surface area contributed by atoms with Gasteiger partial charge in [0.2, 0.25) is 5.91 Å². The first-order chi connectivity index (χ1) is 13.5. The number of fused-ring (bicyclic) bond motifs is 3. The van der Waals surface area contributed by atoms with E-state index in [0.717, 1.165) is 22.7 Å². The molecule has 3 aromatic rings. The Morgan fingerprint density at radius 3 is 2.43 bits per heavy atom. The first-order valence-corrected chi connectivity index (χ1v) is 10.1. The lowest BCUT2D eigenvalue weighted by molar-refractivity contribution is -0.132. The van der Waals surface area contributed by atoms with Crippen molar-refractivity contribution in [3.63, 3.8) is 0 Å². The fourth-order valence-electron chi connectivity index (χ4n) is 3.90. The fraction of sp³-hybridized carbons (Fsp3) is 0.391. The van der Waals surface area contributed by atoms with Gasteiger partial charge in [-0.25, -0.2) is 0 Å². The summed E-state index contributed by atoms with van der Waals surface area (Å²) in [5.41, 5.74) is 1.59. The van der Waals surface area contributed by atoms with E-state index in [1.165, 1.54) is 5.39 Å². The van der Waals surface area contributed by atoms with Crippen molar-refractivity contribution < 1.29 is 9.59 Å². The average molecular weight is 377 g/mol. The van der Waals surface area contributed by atoms with Gasteiger partial charge < -0.3 is 14.8 Å². The van der Waals surface area contributed by atoms with Gasteiger partial charge in [0.1, 0.15) is 5.69 Å². The first-order valence-electron chi connectivity index (χ1n) is 10.1. The van der Waals surface area contributed by atoms with Crippen LogP contribution in [0.5, 0.6) is 0 Å². The lowest BCUT2D eigenvalue weighted by Crippen LogP contribution is -2.50. The number of piperazine rings is 1. The van der Waals surface area contributed by atoms with Crippen LogP contribution in [-0.2, 0) is 4.79 Å². The van der Waals surface area contributed by atoms with Crippen LogP contribution in [-0.4, -0.2) is 52.8 Å². The number of carbonyl (C=O) groups is 2. The molecule has 28 heavy (non-hydrogen) atoms. The zero-order chi connectivity index (χ0) is 19.7. The number of hydrogen-bond donors (Lipinski definition) is 1. The zero-order valence-electron chi connectivity index (χ0n) is 16.6. The van der Waals surface area contributed by atoms with Crippen molar-refractivity contribution in [1.29, 1.82) is 0 Å². The van der Waals surface area contributed by atoms with Crippen LogP contribution in [0, 0.1) is 5.92 Å². The molecule has 0 unspecified atom stereocenters. The molecule has 1 N–H and O–H groups in total. The maximum atomic E-state index is 13.0. The van der Waals surface area contributed by atoms with Gasteiger partial charge >= 0.3 is 0 Å². The predicted molar refractivity (Wildman–Crippen MR) is 112 cm³/mol. The Morgan fingerprint density at radius 2 is 1.68 bits per heavy atom. The summed E-state index contributed by atoms with van der Waals surface area (Å²) in [5, 5.41) is 3.39. The van der Waals surface area contributed by atoms with Gasteiger partial charge in [-0.05, 0) is 35.2 Å². The van der Waals surface area contributed by atoms with E-state index in [-0.39, 0.29) is 11.8 Å². The highest BCUT2D eigenvalue weighted by Gasteiger charge is 2.25. The van der Waals surface area contributed by atoms with E-state index in [1.54, 1.807) is 0 Å². The summed E-state index contributed by atoms with van der Waals surface area (Å²) in [7, 11) is 0. The van der Waals surface area contributed by atoms with Gasteiger partial charge in [0.05, 0.1) is 0 Å². The molecule has 0 saturated carbocycles. The van der Waals surface area contributed by atoms with Gasteiger partial charge in [-0.15, -0.1) is 0 Å². The van der Waals surface area contributed by atoms with Crippen LogP contribution in [0.3, 0.4) is 0 Å². The van der Waals surface area contributed by atoms with E-state index in [4.69, 9.17) is 0 Å². The van der Waals surface area contributed by atoms with Gasteiger partial charge in [-0.1, -0.05) is 44.2 Å². The summed E-state index contributed by atoms with van der Waals surface area (Å²) < 4.78 is 0. The highest BCUT2D eigenvalue weighted by molar-refractivity contribution is 6.09. The number of carbonyl (C=O) groups excluding carboxylic acids is 2. The van der Waals surface area contributed by atoms with Gasteiger partial charge in [0.15, 0.2) is 0 Å².